The third-order valence-electron chi connectivity index (χ3n) is 4.63. The number of anilines is 2. The van der Waals surface area contributed by atoms with E-state index in [-0.39, 0.29) is 23.3 Å². The van der Waals surface area contributed by atoms with E-state index in [1.165, 1.54) is 48.8 Å². The van der Waals surface area contributed by atoms with Crippen LogP contribution < -0.4 is 14.8 Å². The number of carbonyl (C=O) groups excluding carboxylic acids is 1. The zero-order valence-corrected chi connectivity index (χ0v) is 18.5. The molecule has 1 heterocycles. The molecular formula is C24H19FN4O4S. The van der Waals surface area contributed by atoms with Crippen LogP contribution in [0.5, 0.6) is 5.75 Å². The Kier molecular flexibility index (Phi) is 6.79. The van der Waals surface area contributed by atoms with Crippen molar-refractivity contribution in [3.63, 3.8) is 0 Å². The number of aromatic nitrogens is 2. The molecule has 0 aliphatic rings. The SMILES string of the molecule is O=C(Nc1ccc(S(=O)(=O)Nc2ncccn2)cc1)c1cccc(OCc2ccc(F)cc2)c1. The molecule has 3 aromatic carbocycles. The lowest BCUT2D eigenvalue weighted by Crippen LogP contribution is -2.15. The highest BCUT2D eigenvalue weighted by atomic mass is 32.2. The maximum Gasteiger partial charge on any atom is 0.264 e. The van der Waals surface area contributed by atoms with Crippen molar-refractivity contribution in [3.05, 3.63) is 108 Å². The minimum atomic E-state index is -3.87. The zero-order chi connectivity index (χ0) is 24.0. The average Bonchev–Trinajstić information content (AvgIpc) is 2.84. The van der Waals surface area contributed by atoms with Gasteiger partial charge in [-0.3, -0.25) is 4.79 Å². The van der Waals surface area contributed by atoms with Crippen molar-refractivity contribution < 1.29 is 22.3 Å². The summed E-state index contributed by atoms with van der Waals surface area (Å²) in [5.41, 5.74) is 1.56. The first-order valence-corrected chi connectivity index (χ1v) is 11.6. The van der Waals surface area contributed by atoms with Gasteiger partial charge in [0.25, 0.3) is 15.9 Å². The highest BCUT2D eigenvalue weighted by molar-refractivity contribution is 7.92. The van der Waals surface area contributed by atoms with Crippen LogP contribution in [0, 0.1) is 5.82 Å². The standard InChI is InChI=1S/C24H19FN4O4S/c25-19-7-5-17(6-8-19)16-33-21-4-1-3-18(15-21)23(30)28-20-9-11-22(12-10-20)34(31,32)29-24-26-13-2-14-27-24/h1-15H,16H2,(H,28,30)(H,26,27,29). The second-order valence-corrected chi connectivity index (χ2v) is 8.78. The van der Waals surface area contributed by atoms with Crippen molar-refractivity contribution in [2.24, 2.45) is 0 Å². The molecule has 10 heteroatoms. The molecule has 0 saturated heterocycles. The lowest BCUT2D eigenvalue weighted by molar-refractivity contribution is 0.102. The number of nitrogens with one attached hydrogen (secondary N) is 2. The Hall–Kier alpha value is -4.31. The number of benzene rings is 3. The van der Waals surface area contributed by atoms with E-state index in [0.717, 1.165) is 5.56 Å². The van der Waals surface area contributed by atoms with E-state index in [1.807, 2.05) is 0 Å². The van der Waals surface area contributed by atoms with Crippen LogP contribution in [0.2, 0.25) is 0 Å². The van der Waals surface area contributed by atoms with Gasteiger partial charge in [0, 0.05) is 23.6 Å². The smallest absolute Gasteiger partial charge is 0.264 e. The maximum atomic E-state index is 13.0. The van der Waals surface area contributed by atoms with E-state index in [2.05, 4.69) is 20.0 Å². The lowest BCUT2D eigenvalue weighted by Gasteiger charge is -2.10. The van der Waals surface area contributed by atoms with Crippen molar-refractivity contribution in [2.45, 2.75) is 11.5 Å². The Morgan fingerprint density at radius 1 is 0.912 bits per heavy atom. The molecule has 4 rings (SSSR count). The van der Waals surface area contributed by atoms with Crippen molar-refractivity contribution in [3.8, 4) is 5.75 Å². The van der Waals surface area contributed by atoms with E-state index in [9.17, 15) is 17.6 Å². The first-order chi connectivity index (χ1) is 16.4. The minimum Gasteiger partial charge on any atom is -0.489 e. The summed E-state index contributed by atoms with van der Waals surface area (Å²) in [6.07, 6.45) is 2.85. The van der Waals surface area contributed by atoms with Gasteiger partial charge in [0.05, 0.1) is 4.90 Å². The summed E-state index contributed by atoms with van der Waals surface area (Å²) in [5, 5.41) is 2.72. The number of hydrogen-bond donors (Lipinski definition) is 2. The molecule has 8 nitrogen and oxygen atoms in total. The molecule has 0 fully saturated rings. The summed E-state index contributed by atoms with van der Waals surface area (Å²) >= 11 is 0. The molecule has 0 bridgehead atoms. The molecule has 0 aliphatic carbocycles. The second kappa shape index (κ2) is 10.1. The highest BCUT2D eigenvalue weighted by Gasteiger charge is 2.16. The van der Waals surface area contributed by atoms with Crippen molar-refractivity contribution in [2.75, 3.05) is 10.0 Å². The molecule has 34 heavy (non-hydrogen) atoms. The molecule has 0 radical (unpaired) electrons. The number of carbonyl (C=O) groups is 1. The highest BCUT2D eigenvalue weighted by Crippen LogP contribution is 2.19. The minimum absolute atomic E-state index is 0.00542. The van der Waals surface area contributed by atoms with Crippen molar-refractivity contribution in [1.29, 1.82) is 0 Å². The molecular weight excluding hydrogens is 459 g/mol. The number of hydrogen-bond acceptors (Lipinski definition) is 6. The van der Waals surface area contributed by atoms with Gasteiger partial charge in [-0.2, -0.15) is 0 Å². The van der Waals surface area contributed by atoms with Crippen LogP contribution >= 0.6 is 0 Å². The van der Waals surface area contributed by atoms with Crippen molar-refractivity contribution in [1.82, 2.24) is 9.97 Å². The van der Waals surface area contributed by atoms with Crippen LogP contribution in [-0.4, -0.2) is 24.3 Å². The second-order valence-electron chi connectivity index (χ2n) is 7.10. The van der Waals surface area contributed by atoms with E-state index in [4.69, 9.17) is 4.74 Å². The molecule has 0 unspecified atom stereocenters. The number of ether oxygens (including phenoxy) is 1. The number of sulfonamides is 1. The fraction of sp³-hybridized carbons (Fsp3) is 0.0417. The fourth-order valence-electron chi connectivity index (χ4n) is 2.93. The molecule has 2 N–H and O–H groups in total. The molecule has 1 amide bonds. The Morgan fingerprint density at radius 3 is 2.32 bits per heavy atom. The van der Waals surface area contributed by atoms with Gasteiger partial charge < -0.3 is 10.1 Å². The number of rotatable bonds is 8. The normalized spacial score (nSPS) is 11.0. The Morgan fingerprint density at radius 2 is 1.62 bits per heavy atom. The number of amides is 1. The van der Waals surface area contributed by atoms with Gasteiger partial charge >= 0.3 is 0 Å². The predicted octanol–water partition coefficient (Wildman–Crippen LogP) is 4.25. The topological polar surface area (TPSA) is 110 Å². The quantitative estimate of drug-likeness (QED) is 0.392. The van der Waals surface area contributed by atoms with Crippen LogP contribution in [0.3, 0.4) is 0 Å². The number of nitrogens with zero attached hydrogens (tertiary/aromatic N) is 2. The van der Waals surface area contributed by atoms with E-state index in [1.54, 1.807) is 42.5 Å². The molecule has 0 saturated carbocycles. The van der Waals surface area contributed by atoms with Crippen LogP contribution in [0.4, 0.5) is 16.0 Å². The van der Waals surface area contributed by atoms with E-state index < -0.39 is 15.9 Å². The number of halogens is 1. The average molecular weight is 479 g/mol. The summed E-state index contributed by atoms with van der Waals surface area (Å²) in [6.45, 7) is 0.226. The maximum absolute atomic E-state index is 13.0. The van der Waals surface area contributed by atoms with Gasteiger partial charge in [-0.25, -0.2) is 27.5 Å². The zero-order valence-electron chi connectivity index (χ0n) is 17.7. The summed E-state index contributed by atoms with van der Waals surface area (Å²) < 4.78 is 45.9. The van der Waals surface area contributed by atoms with Crippen LogP contribution in [0.25, 0.3) is 0 Å². The van der Waals surface area contributed by atoms with Gasteiger partial charge in [0.1, 0.15) is 18.2 Å². The third kappa shape index (κ3) is 5.93. The van der Waals surface area contributed by atoms with Crippen LogP contribution in [0.1, 0.15) is 15.9 Å². The molecule has 0 atom stereocenters. The summed E-state index contributed by atoms with van der Waals surface area (Å²) in [4.78, 5) is 20.3. The van der Waals surface area contributed by atoms with Gasteiger partial charge in [0.15, 0.2) is 0 Å². The van der Waals surface area contributed by atoms with Gasteiger partial charge in [-0.1, -0.05) is 18.2 Å². The lowest BCUT2D eigenvalue weighted by atomic mass is 10.2. The fourth-order valence-corrected chi connectivity index (χ4v) is 3.88. The van der Waals surface area contributed by atoms with E-state index >= 15 is 0 Å². The molecule has 4 aromatic rings. The molecule has 0 aliphatic heterocycles. The Labute approximate surface area is 195 Å². The van der Waals surface area contributed by atoms with E-state index in [0.29, 0.717) is 17.0 Å². The largest absolute Gasteiger partial charge is 0.489 e. The third-order valence-corrected chi connectivity index (χ3v) is 5.97. The molecule has 0 spiro atoms. The summed E-state index contributed by atoms with van der Waals surface area (Å²) in [5.74, 6) is -0.276. The molecule has 172 valence electrons. The molecule has 1 aromatic heterocycles. The predicted molar refractivity (Wildman–Crippen MR) is 124 cm³/mol. The van der Waals surface area contributed by atoms with Gasteiger partial charge in [-0.05, 0) is 66.2 Å². The first-order valence-electron chi connectivity index (χ1n) is 10.1. The monoisotopic (exact) mass is 478 g/mol. The Bertz CT molecular complexity index is 1380. The van der Waals surface area contributed by atoms with Gasteiger partial charge in [0.2, 0.25) is 5.95 Å². The van der Waals surface area contributed by atoms with Crippen LogP contribution in [0.15, 0.2) is 96.2 Å². The summed E-state index contributed by atoms with van der Waals surface area (Å²) in [7, 11) is -3.87. The van der Waals surface area contributed by atoms with Crippen LogP contribution in [-0.2, 0) is 16.6 Å². The van der Waals surface area contributed by atoms with Crippen molar-refractivity contribution >= 4 is 27.6 Å². The summed E-state index contributed by atoms with van der Waals surface area (Å²) in [6, 6.07) is 19.8. The van der Waals surface area contributed by atoms with Gasteiger partial charge in [-0.15, -0.1) is 0 Å². The Balaban J connectivity index is 1.38. The first kappa shape index (κ1) is 22.9.